The van der Waals surface area contributed by atoms with Gasteiger partial charge in [-0.05, 0) is 18.6 Å². The topological polar surface area (TPSA) is 64.9 Å². The van der Waals surface area contributed by atoms with Crippen molar-refractivity contribution < 1.29 is 4.52 Å². The highest BCUT2D eigenvalue weighted by atomic mass is 16.5. The third kappa shape index (κ3) is 1.59. The number of rotatable bonds is 2. The number of aryl methyl sites for hydroxylation is 1. The van der Waals surface area contributed by atoms with Crippen LogP contribution in [-0.4, -0.2) is 10.1 Å². The molecule has 0 aliphatic rings. The zero-order valence-corrected chi connectivity index (χ0v) is 7.90. The van der Waals surface area contributed by atoms with Crippen molar-refractivity contribution in [2.24, 2.45) is 0 Å². The fourth-order valence-corrected chi connectivity index (χ4v) is 1.19. The third-order valence-corrected chi connectivity index (χ3v) is 1.94. The lowest BCUT2D eigenvalue weighted by Gasteiger charge is -1.94. The predicted octanol–water partition coefficient (Wildman–Crippen LogP) is 1.88. The Morgan fingerprint density at radius 3 is 2.93 bits per heavy atom. The van der Waals surface area contributed by atoms with E-state index in [-0.39, 0.29) is 0 Å². The van der Waals surface area contributed by atoms with Crippen LogP contribution in [0.1, 0.15) is 12.6 Å². The molecule has 0 saturated carbocycles. The van der Waals surface area contributed by atoms with Crippen molar-refractivity contribution in [3.8, 4) is 11.5 Å². The van der Waals surface area contributed by atoms with Gasteiger partial charge in [0.15, 0.2) is 5.76 Å². The van der Waals surface area contributed by atoms with Crippen LogP contribution in [0.3, 0.4) is 0 Å². The van der Waals surface area contributed by atoms with E-state index in [4.69, 9.17) is 10.3 Å². The van der Waals surface area contributed by atoms with E-state index >= 15 is 0 Å². The molecule has 4 nitrogen and oxygen atoms in total. The number of nitrogens with zero attached hydrogens (tertiary/aromatic N) is 2. The molecule has 2 aromatic rings. The number of pyridine rings is 1. The van der Waals surface area contributed by atoms with Crippen LogP contribution in [-0.2, 0) is 6.42 Å². The molecule has 0 fully saturated rings. The molecule has 0 spiro atoms. The first-order valence-corrected chi connectivity index (χ1v) is 4.48. The maximum absolute atomic E-state index is 5.56. The standard InChI is InChI=1S/C10H11N3O/c1-2-7-6-9(14-13-7)8-4-3-5-10(11)12-8/h3-6H,2H2,1H3,(H2,11,12). The van der Waals surface area contributed by atoms with Gasteiger partial charge in [-0.1, -0.05) is 18.1 Å². The smallest absolute Gasteiger partial charge is 0.185 e. The Balaban J connectivity index is 2.39. The van der Waals surface area contributed by atoms with Crippen LogP contribution in [0.25, 0.3) is 11.5 Å². The summed E-state index contributed by atoms with van der Waals surface area (Å²) in [6.45, 7) is 2.02. The molecule has 72 valence electrons. The Bertz CT molecular complexity index is 436. The second-order valence-electron chi connectivity index (χ2n) is 2.98. The van der Waals surface area contributed by atoms with Gasteiger partial charge in [0.1, 0.15) is 11.5 Å². The highest BCUT2D eigenvalue weighted by molar-refractivity contribution is 5.54. The lowest BCUT2D eigenvalue weighted by Crippen LogP contribution is -1.90. The Kier molecular flexibility index (Phi) is 2.18. The van der Waals surface area contributed by atoms with Gasteiger partial charge in [0, 0.05) is 6.07 Å². The third-order valence-electron chi connectivity index (χ3n) is 1.94. The first kappa shape index (κ1) is 8.74. The summed E-state index contributed by atoms with van der Waals surface area (Å²) in [6.07, 6.45) is 0.853. The fraction of sp³-hybridized carbons (Fsp3) is 0.200. The molecule has 0 saturated heterocycles. The predicted molar refractivity (Wildman–Crippen MR) is 53.5 cm³/mol. The molecule has 2 aromatic heterocycles. The van der Waals surface area contributed by atoms with Crippen molar-refractivity contribution in [2.75, 3.05) is 5.73 Å². The summed E-state index contributed by atoms with van der Waals surface area (Å²) in [7, 11) is 0. The van der Waals surface area contributed by atoms with Gasteiger partial charge in [-0.15, -0.1) is 0 Å². The SMILES string of the molecule is CCc1cc(-c2cccc(N)n2)on1. The Morgan fingerprint density at radius 2 is 2.29 bits per heavy atom. The molecule has 4 heteroatoms. The summed E-state index contributed by atoms with van der Waals surface area (Å²) in [5, 5.41) is 3.88. The first-order valence-electron chi connectivity index (χ1n) is 4.48. The molecule has 0 aliphatic carbocycles. The minimum atomic E-state index is 0.483. The van der Waals surface area contributed by atoms with Crippen molar-refractivity contribution >= 4 is 5.82 Å². The average Bonchev–Trinajstić information content (AvgIpc) is 2.66. The van der Waals surface area contributed by atoms with E-state index in [9.17, 15) is 0 Å². The molecule has 0 amide bonds. The number of anilines is 1. The highest BCUT2D eigenvalue weighted by Crippen LogP contribution is 2.18. The van der Waals surface area contributed by atoms with Crippen molar-refractivity contribution in [1.82, 2.24) is 10.1 Å². The maximum Gasteiger partial charge on any atom is 0.185 e. The van der Waals surface area contributed by atoms with Crippen LogP contribution in [0.15, 0.2) is 28.8 Å². The zero-order chi connectivity index (χ0) is 9.97. The number of aromatic nitrogens is 2. The van der Waals surface area contributed by atoms with Gasteiger partial charge in [-0.2, -0.15) is 0 Å². The fourth-order valence-electron chi connectivity index (χ4n) is 1.19. The largest absolute Gasteiger partial charge is 0.384 e. The van der Waals surface area contributed by atoms with Gasteiger partial charge in [0.25, 0.3) is 0 Å². The van der Waals surface area contributed by atoms with E-state index in [0.717, 1.165) is 17.8 Å². The van der Waals surface area contributed by atoms with Gasteiger partial charge >= 0.3 is 0 Å². The summed E-state index contributed by atoms with van der Waals surface area (Å²) in [5.41, 5.74) is 7.20. The molecule has 0 radical (unpaired) electrons. The molecule has 0 atom stereocenters. The van der Waals surface area contributed by atoms with Gasteiger partial charge in [0.2, 0.25) is 0 Å². The Labute approximate surface area is 81.7 Å². The van der Waals surface area contributed by atoms with E-state index < -0.39 is 0 Å². The first-order chi connectivity index (χ1) is 6.79. The normalized spacial score (nSPS) is 10.4. The Morgan fingerprint density at radius 1 is 1.43 bits per heavy atom. The summed E-state index contributed by atoms with van der Waals surface area (Å²) in [4.78, 5) is 4.14. The van der Waals surface area contributed by atoms with E-state index in [1.807, 2.05) is 25.1 Å². The molecule has 0 aliphatic heterocycles. The van der Waals surface area contributed by atoms with E-state index in [1.54, 1.807) is 6.07 Å². The second-order valence-corrected chi connectivity index (χ2v) is 2.98. The van der Waals surface area contributed by atoms with Crippen molar-refractivity contribution in [2.45, 2.75) is 13.3 Å². The average molecular weight is 189 g/mol. The number of nitrogen functional groups attached to an aromatic ring is 1. The summed E-state index contributed by atoms with van der Waals surface area (Å²) >= 11 is 0. The summed E-state index contributed by atoms with van der Waals surface area (Å²) in [5.74, 6) is 1.14. The maximum atomic E-state index is 5.56. The van der Waals surface area contributed by atoms with Crippen LogP contribution in [0, 0.1) is 0 Å². The van der Waals surface area contributed by atoms with Gasteiger partial charge < -0.3 is 10.3 Å². The van der Waals surface area contributed by atoms with E-state index in [1.165, 1.54) is 0 Å². The number of hydrogen-bond donors (Lipinski definition) is 1. The lowest BCUT2D eigenvalue weighted by molar-refractivity contribution is 0.423. The van der Waals surface area contributed by atoms with E-state index in [0.29, 0.717) is 11.6 Å². The summed E-state index contributed by atoms with van der Waals surface area (Å²) < 4.78 is 5.13. The van der Waals surface area contributed by atoms with Crippen LogP contribution in [0.4, 0.5) is 5.82 Å². The summed E-state index contributed by atoms with van der Waals surface area (Å²) in [6, 6.07) is 7.30. The number of nitrogens with two attached hydrogens (primary N) is 1. The van der Waals surface area contributed by atoms with Crippen LogP contribution in [0.2, 0.25) is 0 Å². The van der Waals surface area contributed by atoms with Gasteiger partial charge in [-0.3, -0.25) is 0 Å². The molecular weight excluding hydrogens is 178 g/mol. The molecule has 0 aromatic carbocycles. The zero-order valence-electron chi connectivity index (χ0n) is 7.90. The molecule has 0 unspecified atom stereocenters. The van der Waals surface area contributed by atoms with Gasteiger partial charge in [-0.25, -0.2) is 4.98 Å². The van der Waals surface area contributed by atoms with Gasteiger partial charge in [0.05, 0.1) is 5.69 Å². The second kappa shape index (κ2) is 3.49. The van der Waals surface area contributed by atoms with Crippen molar-refractivity contribution in [1.29, 1.82) is 0 Å². The van der Waals surface area contributed by atoms with E-state index in [2.05, 4.69) is 10.1 Å². The van der Waals surface area contributed by atoms with Crippen LogP contribution < -0.4 is 5.73 Å². The monoisotopic (exact) mass is 189 g/mol. The molecule has 2 rings (SSSR count). The number of hydrogen-bond acceptors (Lipinski definition) is 4. The molecule has 2 heterocycles. The molecular formula is C10H11N3O. The van der Waals surface area contributed by atoms with Crippen LogP contribution in [0.5, 0.6) is 0 Å². The molecule has 2 N–H and O–H groups in total. The quantitative estimate of drug-likeness (QED) is 0.783. The highest BCUT2D eigenvalue weighted by Gasteiger charge is 2.06. The molecule has 0 bridgehead atoms. The minimum absolute atomic E-state index is 0.483. The minimum Gasteiger partial charge on any atom is -0.384 e. The molecule has 14 heavy (non-hydrogen) atoms. The Hall–Kier alpha value is -1.84. The van der Waals surface area contributed by atoms with Crippen LogP contribution >= 0.6 is 0 Å². The van der Waals surface area contributed by atoms with Crippen molar-refractivity contribution in [3.63, 3.8) is 0 Å². The van der Waals surface area contributed by atoms with Crippen molar-refractivity contribution in [3.05, 3.63) is 30.0 Å². The lowest BCUT2D eigenvalue weighted by atomic mass is 10.2.